The van der Waals surface area contributed by atoms with Crippen LogP contribution >= 0.6 is 11.6 Å². The summed E-state index contributed by atoms with van der Waals surface area (Å²) in [5.74, 6) is 1.33. The predicted octanol–water partition coefficient (Wildman–Crippen LogP) is 6.81. The van der Waals surface area contributed by atoms with E-state index >= 15 is 0 Å². The molecule has 2 aliphatic rings. The van der Waals surface area contributed by atoms with Crippen molar-refractivity contribution in [2.45, 2.75) is 52.0 Å². The van der Waals surface area contributed by atoms with Gasteiger partial charge >= 0.3 is 0 Å². The summed E-state index contributed by atoms with van der Waals surface area (Å²) in [6.45, 7) is 4.52. The number of halogens is 1. The number of aromatic nitrogens is 3. The van der Waals surface area contributed by atoms with E-state index in [2.05, 4.69) is 32.9 Å². The minimum Gasteiger partial charge on any atom is -0.379 e. The Morgan fingerprint density at radius 1 is 1.11 bits per heavy atom. The van der Waals surface area contributed by atoms with E-state index in [9.17, 15) is 10.1 Å². The number of pyridine rings is 2. The average Bonchev–Trinajstić information content (AvgIpc) is 3.85. The van der Waals surface area contributed by atoms with Gasteiger partial charge in [-0.25, -0.2) is 9.97 Å². The Morgan fingerprint density at radius 3 is 2.49 bits per heavy atom. The fourth-order valence-corrected chi connectivity index (χ4v) is 3.91. The van der Waals surface area contributed by atoms with Gasteiger partial charge in [0.1, 0.15) is 11.9 Å². The number of imidazole rings is 1. The maximum absolute atomic E-state index is 11.9. The van der Waals surface area contributed by atoms with E-state index in [4.69, 9.17) is 11.6 Å². The smallest absolute Gasteiger partial charge is 0.228 e. The molecule has 1 amide bonds. The number of nitriles is 1. The number of hydrogen-bond donors (Lipinski definition) is 2. The van der Waals surface area contributed by atoms with Crippen molar-refractivity contribution in [3.63, 3.8) is 0 Å². The number of nitrogens with zero attached hydrogens (tertiary/aromatic N) is 4. The summed E-state index contributed by atoms with van der Waals surface area (Å²) in [7, 11) is 0. The molecule has 3 heterocycles. The zero-order valence-electron chi connectivity index (χ0n) is 21.1. The molecule has 8 heteroatoms. The number of benzene rings is 1. The lowest BCUT2D eigenvalue weighted by molar-refractivity contribution is -0.117. The topological polar surface area (TPSA) is 95.1 Å². The van der Waals surface area contributed by atoms with Crippen molar-refractivity contribution in [1.29, 1.82) is 5.26 Å². The van der Waals surface area contributed by atoms with Crippen molar-refractivity contribution >= 4 is 34.7 Å². The van der Waals surface area contributed by atoms with Crippen LogP contribution in [-0.2, 0) is 11.3 Å². The molecule has 0 atom stereocenters. The first-order chi connectivity index (χ1) is 18.1. The molecule has 4 aromatic rings. The van der Waals surface area contributed by atoms with Crippen molar-refractivity contribution in [3.8, 4) is 6.07 Å². The van der Waals surface area contributed by atoms with Crippen LogP contribution in [0.3, 0.4) is 0 Å². The molecular formula is C29H31ClN6O. The maximum atomic E-state index is 11.9. The molecule has 1 aromatic carbocycles. The molecule has 0 unspecified atom stereocenters. The Labute approximate surface area is 222 Å². The van der Waals surface area contributed by atoms with E-state index in [0.717, 1.165) is 29.2 Å². The zero-order valence-corrected chi connectivity index (χ0v) is 21.9. The van der Waals surface area contributed by atoms with Gasteiger partial charge in [0, 0.05) is 41.3 Å². The van der Waals surface area contributed by atoms with Crippen LogP contribution in [0.5, 0.6) is 0 Å². The van der Waals surface area contributed by atoms with Gasteiger partial charge in [-0.15, -0.1) is 0 Å². The first kappa shape index (κ1) is 26.2. The number of anilines is 2. The number of carbonyl (C=O) groups excluding carboxylic acids is 1. The minimum absolute atomic E-state index is 0.0421. The van der Waals surface area contributed by atoms with Gasteiger partial charge in [0.2, 0.25) is 5.91 Å². The summed E-state index contributed by atoms with van der Waals surface area (Å²) in [5.41, 5.74) is 4.23. The highest BCUT2D eigenvalue weighted by Crippen LogP contribution is 2.40. The van der Waals surface area contributed by atoms with Crippen LogP contribution in [0.2, 0.25) is 5.02 Å². The highest BCUT2D eigenvalue weighted by molar-refractivity contribution is 6.30. The van der Waals surface area contributed by atoms with Gasteiger partial charge in [-0.3, -0.25) is 4.79 Å². The van der Waals surface area contributed by atoms with E-state index in [0.29, 0.717) is 29.5 Å². The molecule has 2 fully saturated rings. The fourth-order valence-electron chi connectivity index (χ4n) is 3.77. The second-order valence-electron chi connectivity index (χ2n) is 8.88. The number of nitrogens with one attached hydrogen (secondary N) is 2. The summed E-state index contributed by atoms with van der Waals surface area (Å²) in [6, 6.07) is 17.4. The minimum atomic E-state index is 0.0421. The van der Waals surface area contributed by atoms with E-state index < -0.39 is 0 Å². The Kier molecular flexibility index (Phi) is 8.76. The lowest BCUT2D eigenvalue weighted by atomic mass is 10.1. The molecule has 2 saturated carbocycles. The van der Waals surface area contributed by atoms with Gasteiger partial charge in [0.15, 0.2) is 5.65 Å². The van der Waals surface area contributed by atoms with Crippen molar-refractivity contribution < 1.29 is 4.79 Å². The summed E-state index contributed by atoms with van der Waals surface area (Å²) in [6.07, 6.45) is 10.0. The Morgan fingerprint density at radius 2 is 1.86 bits per heavy atom. The van der Waals surface area contributed by atoms with Gasteiger partial charge in [-0.05, 0) is 61.4 Å². The number of fused-ring (bicyclic) bond motifs is 1. The van der Waals surface area contributed by atoms with Crippen LogP contribution in [0.15, 0.2) is 67.1 Å². The number of hydrogen-bond acceptors (Lipinski definition) is 5. The number of carbonyl (C=O) groups is 1. The Bertz CT molecular complexity index is 1390. The average molecular weight is 515 g/mol. The number of rotatable bonds is 6. The molecule has 0 spiro atoms. The first-order valence-corrected chi connectivity index (χ1v) is 13.1. The van der Waals surface area contributed by atoms with Crippen LogP contribution in [0, 0.1) is 17.2 Å². The quantitative estimate of drug-likeness (QED) is 0.295. The second kappa shape index (κ2) is 12.4. The van der Waals surface area contributed by atoms with Gasteiger partial charge < -0.3 is 15.0 Å². The van der Waals surface area contributed by atoms with Crippen LogP contribution in [-0.4, -0.2) is 20.3 Å². The Hall–Kier alpha value is -3.89. The van der Waals surface area contributed by atoms with E-state index in [1.54, 1.807) is 6.20 Å². The summed E-state index contributed by atoms with van der Waals surface area (Å²) >= 11 is 5.54. The summed E-state index contributed by atoms with van der Waals surface area (Å²) in [4.78, 5) is 20.7. The van der Waals surface area contributed by atoms with Gasteiger partial charge in [0.05, 0.1) is 17.8 Å². The molecule has 2 aliphatic carbocycles. The molecule has 3 aromatic heterocycles. The van der Waals surface area contributed by atoms with Crippen molar-refractivity contribution in [2.75, 3.05) is 10.6 Å². The summed E-state index contributed by atoms with van der Waals surface area (Å²) < 4.78 is 1.96. The predicted molar refractivity (Wildman–Crippen MR) is 148 cm³/mol. The molecule has 0 saturated heterocycles. The highest BCUT2D eigenvalue weighted by Gasteiger charge is 2.29. The molecule has 37 heavy (non-hydrogen) atoms. The maximum Gasteiger partial charge on any atom is 0.228 e. The molecule has 0 radical (unpaired) electrons. The van der Waals surface area contributed by atoms with Crippen LogP contribution in [0.4, 0.5) is 11.5 Å². The Balaban J connectivity index is 0.000000305. The SMILES string of the molecule is CC.Clc1ccccc1.N#Cc1cc(C2CC2)cn2cc(CNc3ccnc(NC(=O)C4CC4)c3)nc12. The molecular weight excluding hydrogens is 484 g/mol. The van der Waals surface area contributed by atoms with Crippen molar-refractivity contribution in [3.05, 3.63) is 89.0 Å². The second-order valence-corrected chi connectivity index (χ2v) is 9.32. The lowest BCUT2D eigenvalue weighted by Gasteiger charge is -2.07. The number of amides is 1. The standard InChI is InChI=1S/C21H20N6O.C6H5Cl.C2H6/c22-9-15-7-16(13-1-2-13)11-27-12-18(25-20(15)27)10-24-17-5-6-23-19(8-17)26-21(28)14-3-4-14;7-6-4-2-1-3-5-6;1-2/h5-8,11-14H,1-4,10H2,(H2,23,24,26,28);1-5H;1-2H3. The highest BCUT2D eigenvalue weighted by atomic mass is 35.5. The molecule has 0 aliphatic heterocycles. The molecule has 0 bridgehead atoms. The van der Waals surface area contributed by atoms with Gasteiger partial charge in [-0.1, -0.05) is 43.6 Å². The normalized spacial score (nSPS) is 13.9. The van der Waals surface area contributed by atoms with Crippen LogP contribution in [0.1, 0.15) is 62.3 Å². The lowest BCUT2D eigenvalue weighted by Crippen LogP contribution is -2.14. The molecule has 190 valence electrons. The van der Waals surface area contributed by atoms with Crippen molar-refractivity contribution in [2.24, 2.45) is 5.92 Å². The van der Waals surface area contributed by atoms with E-state index in [-0.39, 0.29) is 11.8 Å². The van der Waals surface area contributed by atoms with Gasteiger partial charge in [0.25, 0.3) is 0 Å². The third-order valence-corrected chi connectivity index (χ3v) is 6.21. The van der Waals surface area contributed by atoms with Crippen molar-refractivity contribution in [1.82, 2.24) is 14.4 Å². The molecule has 2 N–H and O–H groups in total. The van der Waals surface area contributed by atoms with Crippen LogP contribution in [0.25, 0.3) is 5.65 Å². The largest absolute Gasteiger partial charge is 0.379 e. The molecule has 7 nitrogen and oxygen atoms in total. The third kappa shape index (κ3) is 7.31. The fraction of sp³-hybridized carbons (Fsp3) is 0.310. The third-order valence-electron chi connectivity index (χ3n) is 5.96. The first-order valence-electron chi connectivity index (χ1n) is 12.7. The van der Waals surface area contributed by atoms with E-state index in [1.807, 2.05) is 73.0 Å². The van der Waals surface area contributed by atoms with Crippen LogP contribution < -0.4 is 10.6 Å². The van der Waals surface area contributed by atoms with Gasteiger partial charge in [-0.2, -0.15) is 5.26 Å². The monoisotopic (exact) mass is 514 g/mol. The summed E-state index contributed by atoms with van der Waals surface area (Å²) in [5, 5.41) is 16.4. The molecule has 6 rings (SSSR count). The van der Waals surface area contributed by atoms with E-state index in [1.165, 1.54) is 18.4 Å². The zero-order chi connectivity index (χ0) is 26.2.